The van der Waals surface area contributed by atoms with Crippen LogP contribution in [0.4, 0.5) is 9.18 Å². The molecule has 1 aromatic heterocycles. The van der Waals surface area contributed by atoms with E-state index >= 15 is 0 Å². The van der Waals surface area contributed by atoms with Gasteiger partial charge in [0.1, 0.15) is 5.82 Å². The molecule has 0 bridgehead atoms. The molecule has 31 heavy (non-hydrogen) atoms. The predicted octanol–water partition coefficient (Wildman–Crippen LogP) is 3.06. The van der Waals surface area contributed by atoms with E-state index < -0.39 is 11.9 Å². The molecular formula is C21H27FN6O2S. The van der Waals surface area contributed by atoms with Crippen LogP contribution in [0, 0.1) is 5.82 Å². The molecule has 2 aromatic rings. The third-order valence-electron chi connectivity index (χ3n) is 5.05. The first-order valence-corrected chi connectivity index (χ1v) is 11.2. The summed E-state index contributed by atoms with van der Waals surface area (Å²) in [5, 5.41) is 14.0. The number of piperidine rings is 1. The van der Waals surface area contributed by atoms with Gasteiger partial charge in [0.15, 0.2) is 11.0 Å². The summed E-state index contributed by atoms with van der Waals surface area (Å²) in [5.41, 5.74) is 0.719. The van der Waals surface area contributed by atoms with Gasteiger partial charge in [-0.15, -0.1) is 16.8 Å². The van der Waals surface area contributed by atoms with E-state index in [0.29, 0.717) is 5.16 Å². The normalized spacial score (nSPS) is 15.3. The molecule has 1 atom stereocenters. The fourth-order valence-corrected chi connectivity index (χ4v) is 4.21. The van der Waals surface area contributed by atoms with Gasteiger partial charge in [-0.2, -0.15) is 0 Å². The highest BCUT2D eigenvalue weighted by atomic mass is 32.2. The van der Waals surface area contributed by atoms with Crippen molar-refractivity contribution in [2.45, 2.75) is 37.4 Å². The standard InChI is InChI=1S/C21H27FN6O2S/c1-3-11-23-20(30)24-18(29)14-31-21-26-25-19(15(2)27-12-5-4-6-13-27)28(21)17-9-7-16(22)8-10-17/h3,7-10,15H,1,4-6,11-14H2,2H3,(H2,23,24,29,30)/t15-/m1/s1. The highest BCUT2D eigenvalue weighted by molar-refractivity contribution is 7.99. The molecule has 0 radical (unpaired) electrons. The number of aromatic nitrogens is 3. The lowest BCUT2D eigenvalue weighted by molar-refractivity contribution is -0.117. The van der Waals surface area contributed by atoms with Crippen molar-refractivity contribution in [3.8, 4) is 5.69 Å². The molecule has 1 aromatic carbocycles. The van der Waals surface area contributed by atoms with Gasteiger partial charge in [0.25, 0.3) is 0 Å². The summed E-state index contributed by atoms with van der Waals surface area (Å²) in [4.78, 5) is 26.1. The van der Waals surface area contributed by atoms with E-state index in [1.807, 2.05) is 4.57 Å². The second-order valence-electron chi connectivity index (χ2n) is 7.26. The van der Waals surface area contributed by atoms with Crippen LogP contribution in [0.2, 0.25) is 0 Å². The molecule has 0 spiro atoms. The zero-order valence-electron chi connectivity index (χ0n) is 17.5. The van der Waals surface area contributed by atoms with Crippen LogP contribution in [0.1, 0.15) is 38.1 Å². The predicted molar refractivity (Wildman–Crippen MR) is 118 cm³/mol. The van der Waals surface area contributed by atoms with Crippen LogP contribution in [-0.2, 0) is 4.79 Å². The van der Waals surface area contributed by atoms with E-state index in [1.54, 1.807) is 12.1 Å². The molecule has 166 valence electrons. The number of urea groups is 1. The lowest BCUT2D eigenvalue weighted by atomic mass is 10.1. The number of nitrogens with one attached hydrogen (secondary N) is 2. The quantitative estimate of drug-likeness (QED) is 0.478. The largest absolute Gasteiger partial charge is 0.334 e. The number of benzene rings is 1. The van der Waals surface area contributed by atoms with E-state index in [9.17, 15) is 14.0 Å². The van der Waals surface area contributed by atoms with Crippen LogP contribution in [0.15, 0.2) is 42.1 Å². The molecule has 1 aliphatic rings. The van der Waals surface area contributed by atoms with Crippen LogP contribution in [-0.4, -0.2) is 57.0 Å². The molecule has 2 N–H and O–H groups in total. The van der Waals surface area contributed by atoms with Crippen molar-refractivity contribution in [1.82, 2.24) is 30.3 Å². The van der Waals surface area contributed by atoms with Crippen molar-refractivity contribution >= 4 is 23.7 Å². The topological polar surface area (TPSA) is 92.2 Å². The highest BCUT2D eigenvalue weighted by Gasteiger charge is 2.26. The molecule has 1 saturated heterocycles. The summed E-state index contributed by atoms with van der Waals surface area (Å²) in [7, 11) is 0. The third-order valence-corrected chi connectivity index (χ3v) is 5.98. The fourth-order valence-electron chi connectivity index (χ4n) is 3.45. The van der Waals surface area contributed by atoms with Crippen molar-refractivity contribution in [1.29, 1.82) is 0 Å². The van der Waals surface area contributed by atoms with Gasteiger partial charge in [-0.05, 0) is 57.1 Å². The molecule has 3 rings (SSSR count). The van der Waals surface area contributed by atoms with Gasteiger partial charge in [-0.1, -0.05) is 24.3 Å². The Kier molecular flexibility index (Phi) is 8.19. The first-order chi connectivity index (χ1) is 15.0. The third kappa shape index (κ3) is 6.14. The summed E-state index contributed by atoms with van der Waals surface area (Å²) in [6, 6.07) is 5.54. The Bertz CT molecular complexity index is 911. The van der Waals surface area contributed by atoms with Gasteiger partial charge in [-0.3, -0.25) is 19.6 Å². The average Bonchev–Trinajstić information content (AvgIpc) is 3.20. The van der Waals surface area contributed by atoms with Gasteiger partial charge in [-0.25, -0.2) is 9.18 Å². The maximum absolute atomic E-state index is 13.5. The minimum atomic E-state index is -0.579. The molecule has 8 nitrogen and oxygen atoms in total. The lowest BCUT2D eigenvalue weighted by Gasteiger charge is -2.31. The summed E-state index contributed by atoms with van der Waals surface area (Å²) in [6.07, 6.45) is 5.04. The Morgan fingerprint density at radius 2 is 1.94 bits per heavy atom. The number of thioether (sulfide) groups is 1. The van der Waals surface area contributed by atoms with E-state index in [4.69, 9.17) is 0 Å². The van der Waals surface area contributed by atoms with Gasteiger partial charge < -0.3 is 5.32 Å². The Balaban J connectivity index is 1.78. The van der Waals surface area contributed by atoms with Crippen LogP contribution in [0.3, 0.4) is 0 Å². The Morgan fingerprint density at radius 3 is 2.61 bits per heavy atom. The van der Waals surface area contributed by atoms with Crippen molar-refractivity contribution in [2.24, 2.45) is 0 Å². The monoisotopic (exact) mass is 446 g/mol. The van der Waals surface area contributed by atoms with Gasteiger partial charge >= 0.3 is 6.03 Å². The smallest absolute Gasteiger partial charge is 0.321 e. The Labute approximate surface area is 185 Å². The molecule has 3 amide bonds. The number of carbonyl (C=O) groups is 2. The number of rotatable bonds is 8. The lowest BCUT2D eigenvalue weighted by Crippen LogP contribution is -2.40. The van der Waals surface area contributed by atoms with E-state index in [1.165, 1.54) is 36.4 Å². The molecule has 1 aliphatic heterocycles. The first-order valence-electron chi connectivity index (χ1n) is 10.3. The minimum absolute atomic E-state index is 0.0149. The van der Waals surface area contributed by atoms with Crippen molar-refractivity contribution in [3.05, 3.63) is 48.6 Å². The van der Waals surface area contributed by atoms with Gasteiger partial charge in [0, 0.05) is 12.2 Å². The van der Waals surface area contributed by atoms with Crippen molar-refractivity contribution in [3.63, 3.8) is 0 Å². The van der Waals surface area contributed by atoms with Crippen LogP contribution in [0.5, 0.6) is 0 Å². The number of hydrogen-bond donors (Lipinski definition) is 2. The number of likely N-dealkylation sites (tertiary alicyclic amines) is 1. The van der Waals surface area contributed by atoms with Gasteiger partial charge in [0.05, 0.1) is 11.8 Å². The highest BCUT2D eigenvalue weighted by Crippen LogP contribution is 2.29. The summed E-state index contributed by atoms with van der Waals surface area (Å²) in [5.74, 6) is -0.0635. The summed E-state index contributed by atoms with van der Waals surface area (Å²) < 4.78 is 15.3. The number of nitrogens with zero attached hydrogens (tertiary/aromatic N) is 4. The van der Waals surface area contributed by atoms with Gasteiger partial charge in [0.2, 0.25) is 5.91 Å². The van der Waals surface area contributed by atoms with Crippen LogP contribution >= 0.6 is 11.8 Å². The minimum Gasteiger partial charge on any atom is -0.334 e. The molecular weight excluding hydrogens is 419 g/mol. The molecule has 2 heterocycles. The maximum atomic E-state index is 13.5. The second-order valence-corrected chi connectivity index (χ2v) is 8.20. The van der Waals surface area contributed by atoms with E-state index in [0.717, 1.165) is 37.4 Å². The zero-order chi connectivity index (χ0) is 22.2. The Morgan fingerprint density at radius 1 is 1.23 bits per heavy atom. The summed E-state index contributed by atoms with van der Waals surface area (Å²) >= 11 is 1.17. The first kappa shape index (κ1) is 23.0. The van der Waals surface area contributed by atoms with E-state index in [2.05, 4.69) is 39.2 Å². The SMILES string of the molecule is C=CCNC(=O)NC(=O)CSc1nnc([C@@H](C)N2CCCCC2)n1-c1ccc(F)cc1. The maximum Gasteiger partial charge on any atom is 0.321 e. The van der Waals surface area contributed by atoms with Crippen LogP contribution < -0.4 is 10.6 Å². The number of carbonyl (C=O) groups excluding carboxylic acids is 2. The molecule has 0 saturated carbocycles. The number of halogens is 1. The number of hydrogen-bond acceptors (Lipinski definition) is 6. The van der Waals surface area contributed by atoms with Crippen LogP contribution in [0.25, 0.3) is 5.69 Å². The Hall–Kier alpha value is -2.72. The second kappa shape index (κ2) is 11.1. The number of imide groups is 1. The van der Waals surface area contributed by atoms with E-state index in [-0.39, 0.29) is 24.2 Å². The number of amides is 3. The summed E-state index contributed by atoms with van der Waals surface area (Å²) in [6.45, 7) is 7.83. The zero-order valence-corrected chi connectivity index (χ0v) is 18.3. The molecule has 10 heteroatoms. The van der Waals surface area contributed by atoms with Crippen molar-refractivity contribution < 1.29 is 14.0 Å². The fraction of sp³-hybridized carbons (Fsp3) is 0.429. The average molecular weight is 447 g/mol. The molecule has 1 fully saturated rings. The molecule has 0 aliphatic carbocycles. The van der Waals surface area contributed by atoms with Crippen molar-refractivity contribution in [2.75, 3.05) is 25.4 Å². The molecule has 0 unspecified atom stereocenters.